The normalized spacial score (nSPS) is 15.4. The fraction of sp³-hybridized carbons (Fsp3) is 0.500. The molecular weight excluding hydrogens is 253 g/mol. The molecule has 0 bridgehead atoms. The van der Waals surface area contributed by atoms with Gasteiger partial charge in [-0.3, -0.25) is 0 Å². The minimum atomic E-state index is -4.65. The molecule has 1 aromatic rings. The highest BCUT2D eigenvalue weighted by atomic mass is 35.5. The molecule has 2 unspecified atom stereocenters. The second-order valence-corrected chi connectivity index (χ2v) is 4.78. The third-order valence-corrected chi connectivity index (χ3v) is 2.52. The summed E-state index contributed by atoms with van der Waals surface area (Å²) in [5, 5.41) is -0.0165. The van der Waals surface area contributed by atoms with Crippen LogP contribution in [0.2, 0.25) is 0 Å². The molecule has 0 spiro atoms. The zero-order valence-electron chi connectivity index (χ0n) is 9.59. The van der Waals surface area contributed by atoms with E-state index in [1.54, 1.807) is 12.1 Å². The Bertz CT molecular complexity index is 363. The van der Waals surface area contributed by atoms with Gasteiger partial charge < -0.3 is 4.74 Å². The summed E-state index contributed by atoms with van der Waals surface area (Å²) in [6.45, 7) is 3.78. The predicted molar refractivity (Wildman–Crippen MR) is 61.5 cm³/mol. The van der Waals surface area contributed by atoms with Crippen molar-refractivity contribution in [3.63, 3.8) is 0 Å². The molecule has 0 heterocycles. The summed E-state index contributed by atoms with van der Waals surface area (Å²) in [5.41, 5.74) is 0.791. The zero-order valence-corrected chi connectivity index (χ0v) is 10.3. The molecule has 5 heteroatoms. The molecule has 0 saturated carbocycles. The lowest BCUT2D eigenvalue weighted by atomic mass is 9.96. The van der Waals surface area contributed by atoms with Gasteiger partial charge in [-0.1, -0.05) is 19.1 Å². The number of benzene rings is 1. The Morgan fingerprint density at radius 3 is 2.47 bits per heavy atom. The zero-order chi connectivity index (χ0) is 13.1. The van der Waals surface area contributed by atoms with Crippen molar-refractivity contribution >= 4 is 11.6 Å². The van der Waals surface area contributed by atoms with Crippen LogP contribution in [0.3, 0.4) is 0 Å². The van der Waals surface area contributed by atoms with Crippen LogP contribution in [0.1, 0.15) is 31.7 Å². The third kappa shape index (κ3) is 5.31. The second kappa shape index (κ2) is 5.63. The van der Waals surface area contributed by atoms with Crippen LogP contribution in [0.4, 0.5) is 13.2 Å². The van der Waals surface area contributed by atoms with Crippen LogP contribution in [0.15, 0.2) is 24.3 Å². The lowest BCUT2D eigenvalue weighted by Gasteiger charge is -2.15. The van der Waals surface area contributed by atoms with Gasteiger partial charge in [-0.15, -0.1) is 24.8 Å². The van der Waals surface area contributed by atoms with Gasteiger partial charge in [0.05, 0.1) is 0 Å². The number of hydrogen-bond acceptors (Lipinski definition) is 1. The maximum absolute atomic E-state index is 12.0. The molecule has 0 aliphatic rings. The largest absolute Gasteiger partial charge is 0.573 e. The van der Waals surface area contributed by atoms with Gasteiger partial charge in [0.2, 0.25) is 0 Å². The lowest BCUT2D eigenvalue weighted by molar-refractivity contribution is -0.274. The molecule has 0 amide bonds. The van der Waals surface area contributed by atoms with Gasteiger partial charge in [0.1, 0.15) is 5.75 Å². The summed E-state index contributed by atoms with van der Waals surface area (Å²) >= 11 is 5.86. The van der Waals surface area contributed by atoms with E-state index >= 15 is 0 Å². The first kappa shape index (κ1) is 14.2. The van der Waals surface area contributed by atoms with Gasteiger partial charge in [0.25, 0.3) is 0 Å². The van der Waals surface area contributed by atoms with Crippen molar-refractivity contribution in [2.24, 2.45) is 0 Å². The summed E-state index contributed by atoms with van der Waals surface area (Å²) in [6.07, 6.45) is -3.95. The van der Waals surface area contributed by atoms with E-state index in [2.05, 4.69) is 4.74 Å². The molecule has 0 N–H and O–H groups in total. The minimum absolute atomic E-state index is 0.0165. The Labute approximate surface area is 104 Å². The molecule has 0 fully saturated rings. The fourth-order valence-electron chi connectivity index (χ4n) is 1.64. The van der Waals surface area contributed by atoms with E-state index in [0.717, 1.165) is 5.56 Å². The summed E-state index contributed by atoms with van der Waals surface area (Å²) in [7, 11) is 0. The van der Waals surface area contributed by atoms with Crippen LogP contribution in [-0.4, -0.2) is 11.7 Å². The fourth-order valence-corrected chi connectivity index (χ4v) is 1.91. The maximum atomic E-state index is 12.0. The number of rotatable bonds is 4. The number of ether oxygens (including phenoxy) is 1. The first-order valence-electron chi connectivity index (χ1n) is 5.27. The summed E-state index contributed by atoms with van der Waals surface area (Å²) in [5.74, 6) is -0.0941. The van der Waals surface area contributed by atoms with Gasteiger partial charge in [-0.05, 0) is 37.0 Å². The first-order valence-corrected chi connectivity index (χ1v) is 5.71. The van der Waals surface area contributed by atoms with E-state index < -0.39 is 6.36 Å². The van der Waals surface area contributed by atoms with Crippen molar-refractivity contribution in [1.29, 1.82) is 0 Å². The lowest BCUT2D eigenvalue weighted by Crippen LogP contribution is -2.17. The average Bonchev–Trinajstić information content (AvgIpc) is 2.14. The molecule has 17 heavy (non-hydrogen) atoms. The van der Waals surface area contributed by atoms with Crippen LogP contribution in [0.25, 0.3) is 0 Å². The molecule has 0 radical (unpaired) electrons. The molecule has 0 saturated heterocycles. The molecule has 2 atom stereocenters. The van der Waals surface area contributed by atoms with Crippen molar-refractivity contribution in [1.82, 2.24) is 0 Å². The van der Waals surface area contributed by atoms with Crippen molar-refractivity contribution in [3.8, 4) is 5.75 Å². The van der Waals surface area contributed by atoms with Gasteiger partial charge in [-0.25, -0.2) is 0 Å². The number of hydrogen-bond donors (Lipinski definition) is 0. The van der Waals surface area contributed by atoms with Crippen LogP contribution < -0.4 is 4.74 Å². The van der Waals surface area contributed by atoms with E-state index in [4.69, 9.17) is 11.6 Å². The van der Waals surface area contributed by atoms with Crippen LogP contribution in [0.5, 0.6) is 5.75 Å². The van der Waals surface area contributed by atoms with E-state index in [0.29, 0.717) is 6.42 Å². The standard InChI is InChI=1S/C12H14ClF3O/c1-8(6-9(2)13)10-4-3-5-11(7-10)17-12(14,15)16/h3-5,7-9H,6H2,1-2H3. The topological polar surface area (TPSA) is 9.23 Å². The van der Waals surface area contributed by atoms with Crippen LogP contribution >= 0.6 is 11.6 Å². The second-order valence-electron chi connectivity index (χ2n) is 4.04. The number of alkyl halides is 4. The molecule has 1 rings (SSSR count). The molecule has 0 aromatic heterocycles. The van der Waals surface area contributed by atoms with Gasteiger partial charge in [-0.2, -0.15) is 0 Å². The van der Waals surface area contributed by atoms with E-state index in [1.807, 2.05) is 13.8 Å². The summed E-state index contributed by atoms with van der Waals surface area (Å²) in [4.78, 5) is 0. The highest BCUT2D eigenvalue weighted by molar-refractivity contribution is 6.20. The quantitative estimate of drug-likeness (QED) is 0.718. The molecular formula is C12H14ClF3O. The molecule has 0 aliphatic heterocycles. The van der Waals surface area contributed by atoms with Crippen molar-refractivity contribution in [2.75, 3.05) is 0 Å². The van der Waals surface area contributed by atoms with Crippen LogP contribution in [-0.2, 0) is 0 Å². The maximum Gasteiger partial charge on any atom is 0.573 e. The first-order chi connectivity index (χ1) is 7.78. The highest BCUT2D eigenvalue weighted by Crippen LogP contribution is 2.28. The third-order valence-electron chi connectivity index (χ3n) is 2.34. The molecule has 0 aliphatic carbocycles. The Morgan fingerprint density at radius 1 is 1.29 bits per heavy atom. The summed E-state index contributed by atoms with van der Waals surface area (Å²) < 4.78 is 40.0. The monoisotopic (exact) mass is 266 g/mol. The Kier molecular flexibility index (Phi) is 4.69. The Morgan fingerprint density at radius 2 is 1.94 bits per heavy atom. The predicted octanol–water partition coefficient (Wildman–Crippen LogP) is 4.71. The molecule has 1 aromatic carbocycles. The van der Waals surface area contributed by atoms with E-state index in [-0.39, 0.29) is 17.0 Å². The van der Waals surface area contributed by atoms with Crippen molar-refractivity contribution in [2.45, 2.75) is 37.9 Å². The summed E-state index contributed by atoms with van der Waals surface area (Å²) in [6, 6.07) is 6.00. The van der Waals surface area contributed by atoms with Crippen molar-refractivity contribution < 1.29 is 17.9 Å². The SMILES string of the molecule is CC(Cl)CC(C)c1cccc(OC(F)(F)F)c1. The minimum Gasteiger partial charge on any atom is -0.406 e. The van der Waals surface area contributed by atoms with Gasteiger partial charge in [0, 0.05) is 5.38 Å². The number of halogens is 4. The molecule has 1 nitrogen and oxygen atoms in total. The Hall–Kier alpha value is -0.900. The van der Waals surface area contributed by atoms with Crippen LogP contribution in [0, 0.1) is 0 Å². The van der Waals surface area contributed by atoms with Gasteiger partial charge >= 0.3 is 6.36 Å². The average molecular weight is 267 g/mol. The van der Waals surface area contributed by atoms with E-state index in [9.17, 15) is 13.2 Å². The van der Waals surface area contributed by atoms with E-state index in [1.165, 1.54) is 12.1 Å². The Balaban J connectivity index is 2.78. The van der Waals surface area contributed by atoms with Crippen molar-refractivity contribution in [3.05, 3.63) is 29.8 Å². The van der Waals surface area contributed by atoms with Gasteiger partial charge in [0.15, 0.2) is 0 Å². The smallest absolute Gasteiger partial charge is 0.406 e. The highest BCUT2D eigenvalue weighted by Gasteiger charge is 2.31. The molecule has 96 valence electrons.